The maximum Gasteiger partial charge on any atom is 0.326 e. The van der Waals surface area contributed by atoms with Crippen LogP contribution in [-0.4, -0.2) is 154 Å². The number of H-pyrrole nitrogens is 1. The number of hydrogen-bond donors (Lipinski definition) is 14. The monoisotopic (exact) mass is 1070 g/mol. The average molecular weight is 1080 g/mol. The molecule has 26 nitrogen and oxygen atoms in total. The van der Waals surface area contributed by atoms with Gasteiger partial charge in [-0.1, -0.05) is 58.0 Å². The van der Waals surface area contributed by atoms with E-state index in [-0.39, 0.29) is 75.2 Å². The number of aromatic nitrogens is 1. The molecular weight excluding hydrogens is 1000 g/mol. The summed E-state index contributed by atoms with van der Waals surface area (Å²) in [7, 11) is 0. The minimum Gasteiger partial charge on any atom is -0.508 e. The van der Waals surface area contributed by atoms with Gasteiger partial charge in [0, 0.05) is 43.0 Å². The summed E-state index contributed by atoms with van der Waals surface area (Å²) in [5, 5.41) is 38.5. The quantitative estimate of drug-likeness (QED) is 0.0190. The zero-order valence-corrected chi connectivity index (χ0v) is 43.8. The molecule has 0 aliphatic carbocycles. The Hall–Kier alpha value is -8.29. The highest BCUT2D eigenvalue weighted by Gasteiger charge is 2.37. The van der Waals surface area contributed by atoms with Crippen molar-refractivity contribution in [3.63, 3.8) is 0 Å². The van der Waals surface area contributed by atoms with Crippen LogP contribution in [0.4, 0.5) is 0 Å². The second kappa shape index (κ2) is 29.7. The Morgan fingerprint density at radius 3 is 1.91 bits per heavy atom. The number of rotatable bonds is 30. The van der Waals surface area contributed by atoms with E-state index in [2.05, 4.69) is 47.2 Å². The Kier molecular flexibility index (Phi) is 23.6. The maximum atomic E-state index is 14.4. The summed E-state index contributed by atoms with van der Waals surface area (Å²) in [4.78, 5) is 143. The van der Waals surface area contributed by atoms with Gasteiger partial charge in [-0.05, 0) is 79.7 Å². The number of phenolic OH excluding ortho intramolecular Hbond substituents is 1. The summed E-state index contributed by atoms with van der Waals surface area (Å²) in [6, 6.07) is 3.22. The largest absolute Gasteiger partial charge is 0.508 e. The summed E-state index contributed by atoms with van der Waals surface area (Å²) >= 11 is 0. The first-order valence-corrected chi connectivity index (χ1v) is 25.4. The first-order chi connectivity index (χ1) is 36.4. The fraction of sp³-hybridized carbons (Fsp3) is 0.510. The fourth-order valence-electron chi connectivity index (χ4n) is 8.73. The lowest BCUT2D eigenvalue weighted by Crippen LogP contribution is -2.60. The molecule has 1 aliphatic heterocycles. The summed E-state index contributed by atoms with van der Waals surface area (Å²) in [6.45, 7) is 6.57. The molecule has 0 bridgehead atoms. The van der Waals surface area contributed by atoms with Crippen molar-refractivity contribution in [2.45, 2.75) is 128 Å². The molecule has 0 radical (unpaired) electrons. The molecule has 1 saturated heterocycles. The zero-order valence-electron chi connectivity index (χ0n) is 43.8. The fourth-order valence-corrected chi connectivity index (χ4v) is 8.73. The number of guanidine groups is 1. The van der Waals surface area contributed by atoms with Crippen molar-refractivity contribution in [2.75, 3.05) is 26.2 Å². The number of benzene rings is 2. The Bertz CT molecular complexity index is 2600. The Labute approximate surface area is 445 Å². The molecule has 9 amide bonds. The van der Waals surface area contributed by atoms with E-state index < -0.39 is 114 Å². The maximum absolute atomic E-state index is 14.4. The predicted molar refractivity (Wildman–Crippen MR) is 282 cm³/mol. The summed E-state index contributed by atoms with van der Waals surface area (Å²) in [6.07, 6.45) is 1.53. The molecule has 4 rings (SSSR count). The number of carbonyl (C=O) groups is 10. The van der Waals surface area contributed by atoms with Crippen LogP contribution < -0.4 is 60.2 Å². The molecule has 3 aromatic rings. The van der Waals surface area contributed by atoms with Crippen LogP contribution in [-0.2, 0) is 60.8 Å². The van der Waals surface area contributed by atoms with Crippen LogP contribution in [0, 0.1) is 11.8 Å². The minimum absolute atomic E-state index is 0.0138. The van der Waals surface area contributed by atoms with Gasteiger partial charge in [-0.2, -0.15) is 0 Å². The number of phenols is 1. The minimum atomic E-state index is -1.77. The van der Waals surface area contributed by atoms with E-state index in [1.165, 1.54) is 29.2 Å². The Morgan fingerprint density at radius 1 is 0.714 bits per heavy atom. The van der Waals surface area contributed by atoms with Crippen molar-refractivity contribution in [3.8, 4) is 5.75 Å². The molecule has 420 valence electrons. The number of hydrogen-bond acceptors (Lipinski definition) is 13. The number of nitrogens with two attached hydrogens (primary N) is 4. The molecule has 7 atom stereocenters. The summed E-state index contributed by atoms with van der Waals surface area (Å²) < 4.78 is 0. The van der Waals surface area contributed by atoms with Crippen LogP contribution in [0.25, 0.3) is 10.9 Å². The van der Waals surface area contributed by atoms with Crippen molar-refractivity contribution < 1.29 is 58.2 Å². The molecule has 2 heterocycles. The van der Waals surface area contributed by atoms with E-state index in [1.807, 2.05) is 13.8 Å². The summed E-state index contributed by atoms with van der Waals surface area (Å²) in [5.74, 6) is -9.38. The average Bonchev–Trinajstić information content (AvgIpc) is 4.03. The molecule has 0 unspecified atom stereocenters. The zero-order chi connectivity index (χ0) is 56.9. The van der Waals surface area contributed by atoms with E-state index in [9.17, 15) is 58.2 Å². The lowest BCUT2D eigenvalue weighted by Gasteiger charge is -2.27. The molecule has 2 aromatic carbocycles. The second-order valence-electron chi connectivity index (χ2n) is 19.7. The number of aromatic amines is 1. The number of fused-ring (bicyclic) bond motifs is 1. The number of nitrogens with zero attached hydrogens (tertiary/aromatic N) is 2. The summed E-state index contributed by atoms with van der Waals surface area (Å²) in [5.41, 5.74) is 23.8. The molecule has 77 heavy (non-hydrogen) atoms. The van der Waals surface area contributed by atoms with Crippen LogP contribution in [0.2, 0.25) is 0 Å². The van der Waals surface area contributed by atoms with Crippen LogP contribution in [0.15, 0.2) is 59.7 Å². The normalized spacial score (nSPS) is 15.5. The third-order valence-electron chi connectivity index (χ3n) is 12.5. The van der Waals surface area contributed by atoms with Crippen LogP contribution in [0.1, 0.15) is 83.8 Å². The van der Waals surface area contributed by atoms with Crippen molar-refractivity contribution in [1.82, 2.24) is 47.1 Å². The van der Waals surface area contributed by atoms with E-state index >= 15 is 0 Å². The highest BCUT2D eigenvalue weighted by molar-refractivity contribution is 5.99. The predicted octanol–water partition coefficient (Wildman–Crippen LogP) is -2.26. The first kappa shape index (κ1) is 61.3. The molecule has 1 aliphatic rings. The number of aliphatic carboxylic acids is 1. The molecule has 1 aromatic heterocycles. The highest BCUT2D eigenvalue weighted by Crippen LogP contribution is 2.21. The SMILES string of the molecule is CC(C)C[C@H](NC(=O)[C@H](Cc1c[nH]c2ccccc12)NC(=O)[C@H](CC(N)=O)NC(=O)[C@H](Cc1ccc(O)cc1)NC(=O)[C@H](CCCN=C(N)N)NC(=O)CNC(=O)[C@H](CC(C)C)NC(=O)[C@@H]1CCCN1C(=O)CN)C(=O)O. The van der Waals surface area contributed by atoms with Gasteiger partial charge in [0.2, 0.25) is 53.2 Å². The third kappa shape index (κ3) is 19.7. The Morgan fingerprint density at radius 2 is 1.30 bits per heavy atom. The van der Waals surface area contributed by atoms with Gasteiger partial charge in [-0.15, -0.1) is 0 Å². The van der Waals surface area contributed by atoms with Crippen LogP contribution in [0.5, 0.6) is 5.75 Å². The molecule has 26 heteroatoms. The van der Waals surface area contributed by atoms with E-state index in [0.29, 0.717) is 41.4 Å². The number of aromatic hydroxyl groups is 1. The molecule has 18 N–H and O–H groups in total. The topological polar surface area (TPSA) is 431 Å². The van der Waals surface area contributed by atoms with Crippen molar-refractivity contribution in [1.29, 1.82) is 0 Å². The van der Waals surface area contributed by atoms with Gasteiger partial charge >= 0.3 is 5.97 Å². The lowest BCUT2D eigenvalue weighted by molar-refractivity contribution is -0.143. The second-order valence-corrected chi connectivity index (χ2v) is 19.7. The number of aliphatic imine (C=N–C) groups is 1. The number of carboxylic acid groups (broad SMARTS) is 1. The van der Waals surface area contributed by atoms with Gasteiger partial charge < -0.3 is 80.2 Å². The van der Waals surface area contributed by atoms with E-state index in [4.69, 9.17) is 22.9 Å². The Balaban J connectivity index is 1.58. The third-order valence-corrected chi connectivity index (χ3v) is 12.5. The number of likely N-dealkylation sites (tertiary alicyclic amines) is 1. The number of primary amides is 1. The standard InChI is InChI=1S/C51H74N14O12/c1-27(2)19-35(63-49(75)40-12-8-18-65(40)43(69)24-52)44(70)58-26-42(68)59-34(11-7-17-56-51(54)55)45(71)60-36(21-29-13-15-31(66)16-14-29)46(72)62-38(23-41(53)67)48(74)61-37(47(73)64-39(50(76)77)20-28(3)4)22-30-25-57-33-10-6-5-9-32(30)33/h5-6,9-10,13-16,25,27-28,34-40,57,66H,7-8,11-12,17-24,26,52H2,1-4H3,(H2,53,67)(H,58,70)(H,59,68)(H,60,71)(H,61,74)(H,62,72)(H,63,75)(H,64,73)(H,76,77)(H4,54,55,56)/t34-,35-,36-,37-,38-,39-,40-/m0/s1. The number of carbonyl (C=O) groups excluding carboxylic acids is 9. The molecule has 0 spiro atoms. The molecule has 1 fully saturated rings. The van der Waals surface area contributed by atoms with Crippen molar-refractivity contribution in [2.24, 2.45) is 39.8 Å². The number of nitrogens with one attached hydrogen (secondary N) is 8. The smallest absolute Gasteiger partial charge is 0.326 e. The molecular formula is C51H74N14O12. The van der Waals surface area contributed by atoms with Gasteiger partial charge in [-0.25, -0.2) is 4.79 Å². The van der Waals surface area contributed by atoms with E-state index in [1.54, 1.807) is 44.3 Å². The van der Waals surface area contributed by atoms with Crippen molar-refractivity contribution in [3.05, 3.63) is 65.9 Å². The lowest BCUT2D eigenvalue weighted by atomic mass is 10.0. The van der Waals surface area contributed by atoms with E-state index in [0.717, 1.165) is 0 Å². The number of carboxylic acids is 1. The van der Waals surface area contributed by atoms with Gasteiger partial charge in [0.05, 0.1) is 19.5 Å². The van der Waals surface area contributed by atoms with Gasteiger partial charge in [0.1, 0.15) is 48.0 Å². The van der Waals surface area contributed by atoms with Gasteiger partial charge in [-0.3, -0.25) is 48.1 Å². The van der Waals surface area contributed by atoms with Crippen molar-refractivity contribution >= 4 is 76.0 Å². The van der Waals surface area contributed by atoms with Gasteiger partial charge in [0.15, 0.2) is 5.96 Å². The van der Waals surface area contributed by atoms with Crippen LogP contribution >= 0.6 is 0 Å². The van der Waals surface area contributed by atoms with Crippen LogP contribution in [0.3, 0.4) is 0 Å². The number of para-hydroxylation sites is 1. The number of amides is 9. The van der Waals surface area contributed by atoms with Gasteiger partial charge in [0.25, 0.3) is 0 Å². The first-order valence-electron chi connectivity index (χ1n) is 25.4. The molecule has 0 saturated carbocycles. The highest BCUT2D eigenvalue weighted by atomic mass is 16.4.